The van der Waals surface area contributed by atoms with E-state index in [9.17, 15) is 8.42 Å². The molecule has 30 heavy (non-hydrogen) atoms. The molecule has 8 heteroatoms. The van der Waals surface area contributed by atoms with E-state index in [2.05, 4.69) is 22.0 Å². The van der Waals surface area contributed by atoms with E-state index in [0.717, 1.165) is 42.0 Å². The van der Waals surface area contributed by atoms with Gasteiger partial charge in [-0.25, -0.2) is 17.7 Å². The van der Waals surface area contributed by atoms with Gasteiger partial charge in [-0.2, -0.15) is 0 Å². The number of likely N-dealkylation sites (tertiary alicyclic amines) is 1. The molecule has 2 aliphatic heterocycles. The van der Waals surface area contributed by atoms with Crippen molar-refractivity contribution in [1.82, 2.24) is 14.2 Å². The Morgan fingerprint density at radius 3 is 2.60 bits per heavy atom. The molecule has 6 nitrogen and oxygen atoms in total. The molecule has 0 N–H and O–H groups in total. The Morgan fingerprint density at radius 1 is 1.07 bits per heavy atom. The molecule has 0 bridgehead atoms. The number of ether oxygens (including phenoxy) is 1. The highest BCUT2D eigenvalue weighted by atomic mass is 32.2. The molecular weight excluding hydrogens is 418 g/mol. The molecule has 0 saturated carbocycles. The Kier molecular flexibility index (Phi) is 5.26. The number of benzene rings is 2. The lowest BCUT2D eigenvalue weighted by atomic mass is 9.90. The Bertz CT molecular complexity index is 1110. The van der Waals surface area contributed by atoms with Crippen molar-refractivity contribution in [3.8, 4) is 10.9 Å². The second-order valence-electron chi connectivity index (χ2n) is 8.32. The first-order valence-electron chi connectivity index (χ1n) is 10.2. The highest BCUT2D eigenvalue weighted by Crippen LogP contribution is 2.34. The normalized spacial score (nSPS) is 23.0. The fourth-order valence-electron chi connectivity index (χ4n) is 4.58. The van der Waals surface area contributed by atoms with Crippen molar-refractivity contribution in [2.75, 3.05) is 32.4 Å². The number of aromatic nitrogens is 1. The van der Waals surface area contributed by atoms with E-state index in [-0.39, 0.29) is 0 Å². The number of fused-ring (bicyclic) bond motifs is 2. The molecule has 3 heterocycles. The minimum absolute atomic E-state index is 0.440. The monoisotopic (exact) mass is 443 g/mol. The minimum atomic E-state index is -3.08. The van der Waals surface area contributed by atoms with Crippen LogP contribution in [0.1, 0.15) is 12.0 Å². The van der Waals surface area contributed by atoms with Crippen molar-refractivity contribution < 1.29 is 13.2 Å². The summed E-state index contributed by atoms with van der Waals surface area (Å²) in [6.45, 7) is 4.21. The fraction of sp³-hybridized carbons (Fsp3) is 0.409. The zero-order valence-electron chi connectivity index (χ0n) is 16.9. The number of rotatable bonds is 5. The van der Waals surface area contributed by atoms with Gasteiger partial charge in [0.1, 0.15) is 5.75 Å². The number of hydrogen-bond acceptors (Lipinski definition) is 6. The predicted octanol–water partition coefficient (Wildman–Crippen LogP) is 3.80. The summed E-state index contributed by atoms with van der Waals surface area (Å²) >= 11 is 1.55. The van der Waals surface area contributed by atoms with Crippen LogP contribution in [-0.4, -0.2) is 55.0 Å². The SMILES string of the molecule is CS(=O)(=O)N1CCC2CN(Cc3ccc(Oc4nc5ccccc5s4)cc3)CC2C1. The first-order valence-corrected chi connectivity index (χ1v) is 12.9. The van der Waals surface area contributed by atoms with Crippen LogP contribution in [0.3, 0.4) is 0 Å². The van der Waals surface area contributed by atoms with Gasteiger partial charge in [0, 0.05) is 32.7 Å². The summed E-state index contributed by atoms with van der Waals surface area (Å²) in [6.07, 6.45) is 2.28. The van der Waals surface area contributed by atoms with Crippen LogP contribution in [0.4, 0.5) is 0 Å². The van der Waals surface area contributed by atoms with Crippen molar-refractivity contribution in [2.45, 2.75) is 13.0 Å². The smallest absolute Gasteiger partial charge is 0.279 e. The van der Waals surface area contributed by atoms with Crippen LogP contribution in [0.15, 0.2) is 48.5 Å². The third kappa shape index (κ3) is 4.23. The molecule has 1 aromatic heterocycles. The lowest BCUT2D eigenvalue weighted by Gasteiger charge is -2.32. The number of sulfonamides is 1. The molecule has 158 valence electrons. The summed E-state index contributed by atoms with van der Waals surface area (Å²) in [6, 6.07) is 16.2. The van der Waals surface area contributed by atoms with E-state index in [0.29, 0.717) is 30.1 Å². The summed E-state index contributed by atoms with van der Waals surface area (Å²) in [7, 11) is -3.08. The van der Waals surface area contributed by atoms with Gasteiger partial charge in [-0.05, 0) is 48.1 Å². The lowest BCUT2D eigenvalue weighted by Crippen LogP contribution is -2.42. The maximum Gasteiger partial charge on any atom is 0.279 e. The summed E-state index contributed by atoms with van der Waals surface area (Å²) in [4.78, 5) is 6.97. The zero-order chi connectivity index (χ0) is 20.7. The third-order valence-electron chi connectivity index (χ3n) is 6.12. The van der Waals surface area contributed by atoms with Gasteiger partial charge in [-0.15, -0.1) is 0 Å². The predicted molar refractivity (Wildman–Crippen MR) is 119 cm³/mol. The van der Waals surface area contributed by atoms with Crippen molar-refractivity contribution >= 4 is 31.6 Å². The highest BCUT2D eigenvalue weighted by molar-refractivity contribution is 7.88. The van der Waals surface area contributed by atoms with Crippen LogP contribution in [0.5, 0.6) is 10.9 Å². The molecule has 2 fully saturated rings. The Labute approximate surface area is 181 Å². The number of hydrogen-bond donors (Lipinski definition) is 0. The van der Waals surface area contributed by atoms with Crippen molar-refractivity contribution in [2.24, 2.45) is 11.8 Å². The summed E-state index contributed by atoms with van der Waals surface area (Å²) < 4.78 is 32.4. The average molecular weight is 444 g/mol. The molecule has 2 unspecified atom stereocenters. The quantitative estimate of drug-likeness (QED) is 0.600. The molecule has 2 aromatic carbocycles. The molecule has 0 aliphatic carbocycles. The van der Waals surface area contributed by atoms with Crippen molar-refractivity contribution in [3.63, 3.8) is 0 Å². The van der Waals surface area contributed by atoms with E-state index >= 15 is 0 Å². The van der Waals surface area contributed by atoms with Crippen LogP contribution in [0.2, 0.25) is 0 Å². The molecule has 2 saturated heterocycles. The standard InChI is InChI=1S/C22H25N3O3S2/c1-30(26,27)25-11-10-17-13-24(14-18(17)15-25)12-16-6-8-19(9-7-16)28-22-23-20-4-2-3-5-21(20)29-22/h2-9,17-18H,10-15H2,1H3. The second kappa shape index (κ2) is 7.92. The van der Waals surface area contributed by atoms with Crippen LogP contribution in [-0.2, 0) is 16.6 Å². The van der Waals surface area contributed by atoms with E-state index in [4.69, 9.17) is 4.74 Å². The summed E-state index contributed by atoms with van der Waals surface area (Å²) in [5, 5.41) is 0.656. The Balaban J connectivity index is 1.19. The molecule has 2 aliphatic rings. The molecule has 0 spiro atoms. The van der Waals surface area contributed by atoms with Gasteiger partial charge in [0.25, 0.3) is 5.19 Å². The maximum absolute atomic E-state index is 11.9. The van der Waals surface area contributed by atoms with Gasteiger partial charge in [0.05, 0.1) is 16.5 Å². The highest BCUT2D eigenvalue weighted by Gasteiger charge is 2.39. The Hall–Kier alpha value is -2.00. The first-order chi connectivity index (χ1) is 14.4. The summed E-state index contributed by atoms with van der Waals surface area (Å²) in [5.41, 5.74) is 2.20. The fourth-order valence-corrected chi connectivity index (χ4v) is 6.31. The van der Waals surface area contributed by atoms with Gasteiger partial charge in [0.15, 0.2) is 0 Å². The van der Waals surface area contributed by atoms with E-state index in [1.807, 2.05) is 36.4 Å². The van der Waals surface area contributed by atoms with Gasteiger partial charge in [-0.3, -0.25) is 4.90 Å². The Morgan fingerprint density at radius 2 is 1.83 bits per heavy atom. The van der Waals surface area contributed by atoms with Gasteiger partial charge >= 0.3 is 0 Å². The van der Waals surface area contributed by atoms with Crippen LogP contribution < -0.4 is 4.74 Å². The van der Waals surface area contributed by atoms with E-state index in [1.165, 1.54) is 11.8 Å². The topological polar surface area (TPSA) is 62.7 Å². The number of nitrogens with zero attached hydrogens (tertiary/aromatic N) is 3. The van der Waals surface area contributed by atoms with E-state index < -0.39 is 10.0 Å². The van der Waals surface area contributed by atoms with Crippen LogP contribution in [0.25, 0.3) is 10.2 Å². The van der Waals surface area contributed by atoms with Crippen LogP contribution >= 0.6 is 11.3 Å². The van der Waals surface area contributed by atoms with Gasteiger partial charge in [0.2, 0.25) is 10.0 Å². The number of thiazole rings is 1. The van der Waals surface area contributed by atoms with Crippen molar-refractivity contribution in [1.29, 1.82) is 0 Å². The largest absolute Gasteiger partial charge is 0.431 e. The van der Waals surface area contributed by atoms with Gasteiger partial charge in [-0.1, -0.05) is 35.6 Å². The molecule has 5 rings (SSSR count). The second-order valence-corrected chi connectivity index (χ2v) is 11.3. The number of para-hydroxylation sites is 1. The molecule has 0 radical (unpaired) electrons. The molecule has 3 aromatic rings. The molecular formula is C22H25N3O3S2. The van der Waals surface area contributed by atoms with Crippen molar-refractivity contribution in [3.05, 3.63) is 54.1 Å². The maximum atomic E-state index is 11.9. The lowest BCUT2D eigenvalue weighted by molar-refractivity contribution is 0.229. The summed E-state index contributed by atoms with van der Waals surface area (Å²) in [5.74, 6) is 1.83. The zero-order valence-corrected chi connectivity index (χ0v) is 18.5. The molecule has 0 amide bonds. The molecule has 2 atom stereocenters. The van der Waals surface area contributed by atoms with Gasteiger partial charge < -0.3 is 4.74 Å². The minimum Gasteiger partial charge on any atom is -0.431 e. The first kappa shape index (κ1) is 19.9. The average Bonchev–Trinajstić information content (AvgIpc) is 3.30. The van der Waals surface area contributed by atoms with Crippen LogP contribution in [0, 0.1) is 11.8 Å². The number of piperidine rings is 1. The third-order valence-corrected chi connectivity index (χ3v) is 8.30. The van der Waals surface area contributed by atoms with E-state index in [1.54, 1.807) is 15.6 Å².